The first-order chi connectivity index (χ1) is 28.5. The Morgan fingerprint density at radius 3 is 1.64 bits per heavy atom. The molecule has 6 rings (SSSR count). The first kappa shape index (κ1) is 43.9. The van der Waals surface area contributed by atoms with Crippen LogP contribution in [-0.2, 0) is 20.4 Å². The largest absolute Gasteiger partial charge is 0.481 e. The Hall–Kier alpha value is -4.71. The quantitative estimate of drug-likeness (QED) is 0.0545. The van der Waals surface area contributed by atoms with Crippen LogP contribution in [0, 0.1) is 0 Å². The third kappa shape index (κ3) is 10.5. The van der Waals surface area contributed by atoms with Gasteiger partial charge in [-0.15, -0.1) is 0 Å². The van der Waals surface area contributed by atoms with Crippen LogP contribution in [0.5, 0.6) is 0 Å². The second-order valence-corrected chi connectivity index (χ2v) is 18.2. The Morgan fingerprint density at radius 1 is 0.576 bits per heavy atom. The van der Waals surface area contributed by atoms with Crippen molar-refractivity contribution in [3.05, 3.63) is 108 Å². The number of aliphatic carboxylic acids is 2. The second-order valence-electron chi connectivity index (χ2n) is 18.2. The second kappa shape index (κ2) is 20.5. The summed E-state index contributed by atoms with van der Waals surface area (Å²) < 4.78 is 2.61. The Labute approximate surface area is 353 Å². The predicted molar refractivity (Wildman–Crippen MR) is 247 cm³/mol. The van der Waals surface area contributed by atoms with Crippen LogP contribution in [0.1, 0.15) is 154 Å². The van der Waals surface area contributed by atoms with Crippen LogP contribution in [0.4, 0.5) is 11.4 Å². The molecule has 59 heavy (non-hydrogen) atoms. The first-order valence-corrected chi connectivity index (χ1v) is 22.8. The fourth-order valence-electron chi connectivity index (χ4n) is 10.00. The zero-order valence-electron chi connectivity index (χ0n) is 36.4. The van der Waals surface area contributed by atoms with Crippen LogP contribution < -0.4 is 4.90 Å². The lowest BCUT2D eigenvalue weighted by molar-refractivity contribution is -0.438. The Kier molecular flexibility index (Phi) is 15.2. The zero-order chi connectivity index (χ0) is 41.8. The molecule has 0 saturated carbocycles. The molecule has 0 atom stereocenters. The highest BCUT2D eigenvalue weighted by molar-refractivity contribution is 6.07. The molecule has 0 spiro atoms. The van der Waals surface area contributed by atoms with Crippen molar-refractivity contribution in [1.82, 2.24) is 0 Å². The molecule has 2 N–H and O–H groups in total. The molecule has 2 heterocycles. The Balaban J connectivity index is 1.21. The molecule has 0 saturated heterocycles. The molecular formula is C53H69N2O4+. The van der Waals surface area contributed by atoms with Crippen molar-refractivity contribution in [3.63, 3.8) is 0 Å². The standard InChI is InChI=1S/C53H68N2O4/c1-52(2)46(54(38-23-15-11-7-5-9-13-17-32-48(56)57)44-36-34-40-26-19-21-28-42(40)50(44)52)30-25-31-47-53(3,4)51-43-29-22-20-27-41(43)35-37-45(51)55(47)39-24-16-12-8-6-10-14-18-33-49(58)59/h19-22,25-31,34-37H,5-18,23-24,32-33,38-39H2,1-4H3,(H-,56,57,58,59)/p+1. The van der Waals surface area contributed by atoms with Crippen LogP contribution in [0.15, 0.2) is 96.7 Å². The number of anilines is 1. The van der Waals surface area contributed by atoms with Gasteiger partial charge < -0.3 is 15.1 Å². The van der Waals surface area contributed by atoms with E-state index in [2.05, 4.69) is 128 Å². The van der Waals surface area contributed by atoms with Crippen molar-refractivity contribution in [2.75, 3.05) is 18.0 Å². The SMILES string of the molecule is CC1(C)C(/C=C/C=C2\N(CCCCCCCCCCC(=O)O)c3ccc4ccccc4c3C2(C)C)=[N+](CCCCCCCCCCC(=O)O)c2ccc3ccccc3c21. The molecule has 4 aromatic carbocycles. The molecule has 4 aromatic rings. The molecule has 6 nitrogen and oxygen atoms in total. The minimum absolute atomic E-state index is 0.165. The number of fused-ring (bicyclic) bond motifs is 6. The van der Waals surface area contributed by atoms with Gasteiger partial charge in [-0.3, -0.25) is 9.59 Å². The number of hydrogen-bond acceptors (Lipinski definition) is 3. The maximum Gasteiger partial charge on any atom is 0.303 e. The highest BCUT2D eigenvalue weighted by atomic mass is 16.4. The van der Waals surface area contributed by atoms with Gasteiger partial charge in [0.05, 0.1) is 5.41 Å². The summed E-state index contributed by atoms with van der Waals surface area (Å²) in [5.41, 5.74) is 7.89. The van der Waals surface area contributed by atoms with E-state index in [1.165, 1.54) is 107 Å². The molecule has 0 unspecified atom stereocenters. The summed E-state index contributed by atoms with van der Waals surface area (Å²) in [5.74, 6) is -1.37. The molecule has 314 valence electrons. The number of carboxylic acids is 2. The lowest BCUT2D eigenvalue weighted by Crippen LogP contribution is -2.28. The van der Waals surface area contributed by atoms with Gasteiger partial charge in [-0.25, -0.2) is 0 Å². The molecule has 0 radical (unpaired) electrons. The van der Waals surface area contributed by atoms with Crippen LogP contribution in [-0.4, -0.2) is 45.5 Å². The number of hydrogen-bond donors (Lipinski definition) is 2. The van der Waals surface area contributed by atoms with Gasteiger partial charge in [-0.05, 0) is 84.8 Å². The third-order valence-electron chi connectivity index (χ3n) is 13.1. The van der Waals surface area contributed by atoms with E-state index < -0.39 is 11.9 Å². The number of allylic oxidation sites excluding steroid dienone is 4. The number of nitrogens with zero attached hydrogens (tertiary/aromatic N) is 2. The molecule has 0 aliphatic carbocycles. The van der Waals surface area contributed by atoms with Gasteiger partial charge in [-0.1, -0.05) is 145 Å². The van der Waals surface area contributed by atoms with E-state index in [0.717, 1.165) is 64.5 Å². The fraction of sp³-hybridized carbons (Fsp3) is 0.491. The van der Waals surface area contributed by atoms with Gasteiger partial charge >= 0.3 is 11.9 Å². The third-order valence-corrected chi connectivity index (χ3v) is 13.1. The minimum Gasteiger partial charge on any atom is -0.481 e. The zero-order valence-corrected chi connectivity index (χ0v) is 36.4. The Bertz CT molecular complexity index is 2170. The molecule has 0 fully saturated rings. The van der Waals surface area contributed by atoms with Crippen LogP contribution >= 0.6 is 0 Å². The predicted octanol–water partition coefficient (Wildman–Crippen LogP) is 13.8. The summed E-state index contributed by atoms with van der Waals surface area (Å²) in [7, 11) is 0. The normalized spacial score (nSPS) is 16.2. The average molecular weight is 798 g/mol. The van der Waals surface area contributed by atoms with Crippen molar-refractivity contribution in [2.24, 2.45) is 0 Å². The maximum atomic E-state index is 10.8. The van der Waals surface area contributed by atoms with E-state index in [-0.39, 0.29) is 23.7 Å². The van der Waals surface area contributed by atoms with E-state index in [1.807, 2.05) is 0 Å². The van der Waals surface area contributed by atoms with Crippen molar-refractivity contribution < 1.29 is 24.4 Å². The van der Waals surface area contributed by atoms with Crippen molar-refractivity contribution >= 4 is 50.6 Å². The van der Waals surface area contributed by atoms with E-state index in [1.54, 1.807) is 0 Å². The van der Waals surface area contributed by atoms with Gasteiger partial charge in [0.15, 0.2) is 5.71 Å². The molecular weight excluding hydrogens is 729 g/mol. The van der Waals surface area contributed by atoms with E-state index >= 15 is 0 Å². The highest BCUT2D eigenvalue weighted by Crippen LogP contribution is 2.51. The summed E-state index contributed by atoms with van der Waals surface area (Å²) in [5, 5.41) is 23.1. The lowest BCUT2D eigenvalue weighted by atomic mass is 9.79. The van der Waals surface area contributed by atoms with Crippen LogP contribution in [0.2, 0.25) is 0 Å². The molecule has 0 amide bonds. The van der Waals surface area contributed by atoms with Gasteiger partial charge in [0.1, 0.15) is 6.54 Å². The minimum atomic E-state index is -0.686. The summed E-state index contributed by atoms with van der Waals surface area (Å²) in [6.07, 6.45) is 25.5. The molecule has 2 aliphatic heterocycles. The average Bonchev–Trinajstić information content (AvgIpc) is 3.57. The summed E-state index contributed by atoms with van der Waals surface area (Å²) in [4.78, 5) is 24.3. The topological polar surface area (TPSA) is 80.9 Å². The van der Waals surface area contributed by atoms with Crippen molar-refractivity contribution in [2.45, 2.75) is 154 Å². The molecule has 2 aliphatic rings. The maximum absolute atomic E-state index is 10.8. The summed E-state index contributed by atoms with van der Waals surface area (Å²) >= 11 is 0. The number of benzene rings is 4. The smallest absolute Gasteiger partial charge is 0.303 e. The van der Waals surface area contributed by atoms with E-state index in [0.29, 0.717) is 0 Å². The lowest BCUT2D eigenvalue weighted by Gasteiger charge is -2.27. The molecule has 0 bridgehead atoms. The van der Waals surface area contributed by atoms with Crippen LogP contribution in [0.3, 0.4) is 0 Å². The number of rotatable bonds is 24. The van der Waals surface area contributed by atoms with Crippen molar-refractivity contribution in [1.29, 1.82) is 0 Å². The molecule has 6 heteroatoms. The number of carbonyl (C=O) groups is 2. The van der Waals surface area contributed by atoms with Gasteiger partial charge in [0, 0.05) is 60.3 Å². The van der Waals surface area contributed by atoms with Crippen LogP contribution in [0.25, 0.3) is 21.5 Å². The summed E-state index contributed by atoms with van der Waals surface area (Å²) in [6, 6.07) is 27.0. The summed E-state index contributed by atoms with van der Waals surface area (Å²) in [6.45, 7) is 11.6. The van der Waals surface area contributed by atoms with Gasteiger partial charge in [0.25, 0.3) is 0 Å². The van der Waals surface area contributed by atoms with E-state index in [4.69, 9.17) is 10.2 Å². The van der Waals surface area contributed by atoms with Gasteiger partial charge in [-0.2, -0.15) is 4.58 Å². The highest BCUT2D eigenvalue weighted by Gasteiger charge is 2.45. The van der Waals surface area contributed by atoms with E-state index in [9.17, 15) is 9.59 Å². The van der Waals surface area contributed by atoms with Gasteiger partial charge in [0.2, 0.25) is 5.69 Å². The number of unbranched alkanes of at least 4 members (excludes halogenated alkanes) is 14. The monoisotopic (exact) mass is 798 g/mol. The van der Waals surface area contributed by atoms with Crippen molar-refractivity contribution in [3.8, 4) is 0 Å². The fourth-order valence-corrected chi connectivity index (χ4v) is 10.00. The number of carboxylic acid groups (broad SMARTS) is 2. The Morgan fingerprint density at radius 2 is 1.07 bits per heavy atom. The first-order valence-electron chi connectivity index (χ1n) is 22.8. The molecule has 0 aromatic heterocycles.